The van der Waals surface area contributed by atoms with Gasteiger partial charge in [0, 0.05) is 54.3 Å². The first-order chi connectivity index (χ1) is 33.2. The van der Waals surface area contributed by atoms with Gasteiger partial charge in [-0.2, -0.15) is 0 Å². The Morgan fingerprint density at radius 1 is 0.299 bits per heavy atom. The predicted molar refractivity (Wildman–Crippen MR) is 287 cm³/mol. The Kier molecular flexibility index (Phi) is 8.75. The molecule has 1 aromatic heterocycles. The molecule has 3 heterocycles. The van der Waals surface area contributed by atoms with E-state index < -0.39 is 0 Å². The maximum Gasteiger partial charge on any atom is 0.0493 e. The van der Waals surface area contributed by atoms with Gasteiger partial charge in [0.1, 0.15) is 0 Å². The summed E-state index contributed by atoms with van der Waals surface area (Å²) in [7, 11) is 0. The number of hydrogen-bond acceptors (Lipinski definition) is 3. The van der Waals surface area contributed by atoms with E-state index in [9.17, 15) is 0 Å². The standard InChI is InChI=1S/C64H44N2S/c1-6-20-49-41(14-1)19-13-22-51(49)64-53-36-34-47(65-57-23-8-2-15-42(57)28-29-43-16-3-9-24-58(43)65)39-55(53)63(46-32-37-62-54(38-46)50-21-7-12-27-61(50)67-62)52-35-33-48(40-56(52)64)66-59-25-10-4-17-44(59)30-31-45-18-5-11-26-60(45)66/h1-27,32-40H,28-31H2. The summed E-state index contributed by atoms with van der Waals surface area (Å²) in [6.45, 7) is 0. The number of aryl methyl sites for hydroxylation is 4. The third-order valence-electron chi connectivity index (χ3n) is 14.6. The Morgan fingerprint density at radius 3 is 1.36 bits per heavy atom. The van der Waals surface area contributed by atoms with Gasteiger partial charge in [-0.05, 0) is 169 Å². The van der Waals surface area contributed by atoms with Crippen LogP contribution in [-0.4, -0.2) is 0 Å². The summed E-state index contributed by atoms with van der Waals surface area (Å²) in [5.74, 6) is 0. The fraction of sp³-hybridized carbons (Fsp3) is 0.0625. The van der Waals surface area contributed by atoms with E-state index in [0.717, 1.165) is 37.1 Å². The smallest absolute Gasteiger partial charge is 0.0493 e. The molecule has 12 aromatic rings. The van der Waals surface area contributed by atoms with Crippen molar-refractivity contribution in [2.75, 3.05) is 9.80 Å². The zero-order valence-corrected chi connectivity index (χ0v) is 37.7. The number of para-hydroxylation sites is 4. The summed E-state index contributed by atoms with van der Waals surface area (Å²) in [6, 6.07) is 82.4. The first-order valence-electron chi connectivity index (χ1n) is 23.6. The quantitative estimate of drug-likeness (QED) is 0.163. The highest BCUT2D eigenvalue weighted by atomic mass is 32.1. The third-order valence-corrected chi connectivity index (χ3v) is 15.7. The molecule has 3 heteroatoms. The highest BCUT2D eigenvalue weighted by Gasteiger charge is 2.27. The number of rotatable bonds is 4. The fourth-order valence-electron chi connectivity index (χ4n) is 11.5. The molecule has 0 radical (unpaired) electrons. The Morgan fingerprint density at radius 2 is 0.761 bits per heavy atom. The molecule has 14 rings (SSSR count). The van der Waals surface area contributed by atoms with Gasteiger partial charge < -0.3 is 9.80 Å². The summed E-state index contributed by atoms with van der Waals surface area (Å²) >= 11 is 1.88. The Labute approximate surface area is 394 Å². The van der Waals surface area contributed by atoms with Gasteiger partial charge in [0.05, 0.1) is 0 Å². The lowest BCUT2D eigenvalue weighted by Gasteiger charge is -2.29. The minimum absolute atomic E-state index is 1.00. The van der Waals surface area contributed by atoms with Crippen LogP contribution in [0.4, 0.5) is 34.1 Å². The number of thiophene rings is 1. The van der Waals surface area contributed by atoms with Crippen molar-refractivity contribution in [3.05, 3.63) is 241 Å². The van der Waals surface area contributed by atoms with Crippen molar-refractivity contribution in [2.24, 2.45) is 0 Å². The molecule has 0 unspecified atom stereocenters. The molecular formula is C64H44N2S. The topological polar surface area (TPSA) is 6.48 Å². The predicted octanol–water partition coefficient (Wildman–Crippen LogP) is 18.0. The van der Waals surface area contributed by atoms with Crippen molar-refractivity contribution in [1.29, 1.82) is 0 Å². The van der Waals surface area contributed by atoms with Crippen molar-refractivity contribution in [3.8, 4) is 22.3 Å². The molecule has 2 nitrogen and oxygen atoms in total. The highest BCUT2D eigenvalue weighted by molar-refractivity contribution is 7.25. The molecule has 0 atom stereocenters. The van der Waals surface area contributed by atoms with Gasteiger partial charge in [0.25, 0.3) is 0 Å². The molecule has 0 saturated heterocycles. The van der Waals surface area contributed by atoms with Crippen molar-refractivity contribution >= 4 is 98.0 Å². The average Bonchev–Trinajstić information content (AvgIpc) is 3.55. The summed E-state index contributed by atoms with van der Waals surface area (Å²) in [5.41, 5.74) is 17.8. The van der Waals surface area contributed by atoms with Gasteiger partial charge in [0.2, 0.25) is 0 Å². The van der Waals surface area contributed by atoms with Gasteiger partial charge >= 0.3 is 0 Å². The van der Waals surface area contributed by atoms with Crippen LogP contribution < -0.4 is 9.80 Å². The lowest BCUT2D eigenvalue weighted by atomic mass is 9.84. The second-order valence-electron chi connectivity index (χ2n) is 18.2. The van der Waals surface area contributed by atoms with Gasteiger partial charge in [-0.3, -0.25) is 0 Å². The van der Waals surface area contributed by atoms with Gasteiger partial charge in [0.15, 0.2) is 0 Å². The van der Waals surface area contributed by atoms with Crippen LogP contribution in [-0.2, 0) is 25.7 Å². The Hall–Kier alpha value is -7.98. The lowest BCUT2D eigenvalue weighted by molar-refractivity contribution is 0.977. The normalized spacial score (nSPS) is 13.4. The first-order valence-corrected chi connectivity index (χ1v) is 24.4. The lowest BCUT2D eigenvalue weighted by Crippen LogP contribution is -2.12. The molecule has 2 aliphatic rings. The first kappa shape index (κ1) is 38.3. The maximum absolute atomic E-state index is 2.52. The van der Waals surface area contributed by atoms with E-state index in [1.54, 1.807) is 0 Å². The third kappa shape index (κ3) is 6.08. The van der Waals surface area contributed by atoms with E-state index in [-0.39, 0.29) is 0 Å². The second-order valence-corrected chi connectivity index (χ2v) is 19.3. The monoisotopic (exact) mass is 872 g/mol. The van der Waals surface area contributed by atoms with Crippen molar-refractivity contribution in [3.63, 3.8) is 0 Å². The van der Waals surface area contributed by atoms with E-state index in [1.165, 1.54) is 120 Å². The van der Waals surface area contributed by atoms with Crippen LogP contribution in [0.25, 0.3) is 74.7 Å². The molecule has 0 bridgehead atoms. The highest BCUT2D eigenvalue weighted by Crippen LogP contribution is 2.52. The second kappa shape index (κ2) is 15.3. The zero-order chi connectivity index (χ0) is 44.0. The van der Waals surface area contributed by atoms with Crippen molar-refractivity contribution in [1.82, 2.24) is 0 Å². The van der Waals surface area contributed by atoms with E-state index in [1.807, 2.05) is 11.3 Å². The number of anilines is 6. The minimum Gasteiger partial charge on any atom is -0.310 e. The summed E-state index contributed by atoms with van der Waals surface area (Å²) in [6.07, 6.45) is 4.01. The van der Waals surface area contributed by atoms with Crippen molar-refractivity contribution < 1.29 is 0 Å². The van der Waals surface area contributed by atoms with E-state index >= 15 is 0 Å². The maximum atomic E-state index is 2.52. The Balaban J connectivity index is 1.13. The van der Waals surface area contributed by atoms with Gasteiger partial charge in [-0.25, -0.2) is 0 Å². The molecule has 0 saturated carbocycles. The molecule has 0 spiro atoms. The number of fused-ring (bicyclic) bond motifs is 10. The molecular weight excluding hydrogens is 829 g/mol. The van der Waals surface area contributed by atoms with Crippen LogP contribution in [0.5, 0.6) is 0 Å². The van der Waals surface area contributed by atoms with Crippen molar-refractivity contribution in [2.45, 2.75) is 25.7 Å². The fourth-order valence-corrected chi connectivity index (χ4v) is 12.6. The van der Waals surface area contributed by atoms with Gasteiger partial charge in [-0.15, -0.1) is 11.3 Å². The molecule has 11 aromatic carbocycles. The molecule has 0 N–H and O–H groups in total. The SMILES string of the molecule is c1ccc2c(c1)CCc1ccccc1N2c1ccc2c(-c3cccc4ccccc34)c3cc(N4c5ccccc5CCc5ccccc54)ccc3c(-c3ccc4sc5ccccc5c4c3)c2c1. The molecule has 0 fully saturated rings. The van der Waals surface area contributed by atoms with E-state index in [0.29, 0.717) is 0 Å². The molecule has 0 aliphatic carbocycles. The van der Waals surface area contributed by atoms with Crippen LogP contribution in [0.2, 0.25) is 0 Å². The molecule has 67 heavy (non-hydrogen) atoms. The largest absolute Gasteiger partial charge is 0.310 e. The molecule has 0 amide bonds. The number of benzene rings is 11. The van der Waals surface area contributed by atoms with E-state index in [2.05, 4.69) is 228 Å². The van der Waals surface area contributed by atoms with Gasteiger partial charge in [-0.1, -0.05) is 152 Å². The average molecular weight is 873 g/mol. The summed E-state index contributed by atoms with van der Waals surface area (Å²) in [4.78, 5) is 5.05. The number of hydrogen-bond donors (Lipinski definition) is 0. The van der Waals surface area contributed by atoms with Crippen LogP contribution in [0, 0.1) is 0 Å². The van der Waals surface area contributed by atoms with E-state index in [4.69, 9.17) is 0 Å². The van der Waals surface area contributed by atoms with Crippen LogP contribution in [0.1, 0.15) is 22.3 Å². The molecule has 316 valence electrons. The molecule has 2 aliphatic heterocycles. The zero-order valence-electron chi connectivity index (χ0n) is 36.9. The van der Waals surface area contributed by atoms with Crippen LogP contribution in [0.15, 0.2) is 218 Å². The summed E-state index contributed by atoms with van der Waals surface area (Å²) < 4.78 is 2.63. The van der Waals surface area contributed by atoms with Crippen LogP contribution in [0.3, 0.4) is 0 Å². The number of nitrogens with zero attached hydrogens (tertiary/aromatic N) is 2. The minimum atomic E-state index is 1.00. The Bertz CT molecular complexity index is 3870. The van der Waals surface area contributed by atoms with Crippen LogP contribution >= 0.6 is 11.3 Å². The summed E-state index contributed by atoms with van der Waals surface area (Å²) in [5, 5.41) is 10.1.